The third-order valence-corrected chi connectivity index (χ3v) is 8.51. The minimum Gasteiger partial charge on any atom is -0.456 e. The Hall–Kier alpha value is -6.10. The number of ether oxygens (including phenoxy) is 2. The maximum Gasteiger partial charge on any atom is 0.407 e. The molecule has 0 spiro atoms. The molecule has 240 valence electrons. The highest BCUT2D eigenvalue weighted by molar-refractivity contribution is 5.82. The summed E-state index contributed by atoms with van der Waals surface area (Å²) < 4.78 is 13.1. The van der Waals surface area contributed by atoms with Gasteiger partial charge < -0.3 is 19.8 Å². The summed E-state index contributed by atoms with van der Waals surface area (Å²) in [4.78, 5) is 46.2. The van der Waals surface area contributed by atoms with E-state index in [1.165, 1.54) is 4.68 Å². The number of nitrogens with zero attached hydrogens (tertiary/aromatic N) is 4. The van der Waals surface area contributed by atoms with Crippen molar-refractivity contribution in [2.24, 2.45) is 0 Å². The Morgan fingerprint density at radius 1 is 0.917 bits per heavy atom. The van der Waals surface area contributed by atoms with Crippen molar-refractivity contribution in [3.05, 3.63) is 142 Å². The van der Waals surface area contributed by atoms with Crippen molar-refractivity contribution in [2.75, 3.05) is 6.61 Å². The van der Waals surface area contributed by atoms with Crippen LogP contribution in [0.3, 0.4) is 0 Å². The summed E-state index contributed by atoms with van der Waals surface area (Å²) >= 11 is 0. The van der Waals surface area contributed by atoms with Crippen LogP contribution in [0.5, 0.6) is 0 Å². The molecule has 2 aromatic heterocycles. The fraction of sp³-hybridized carbons (Fsp3) is 0.189. The monoisotopic (exact) mass is 640 g/mol. The second-order valence-corrected chi connectivity index (χ2v) is 11.7. The van der Waals surface area contributed by atoms with Crippen LogP contribution in [0.1, 0.15) is 47.0 Å². The maximum atomic E-state index is 13.6. The molecule has 2 heterocycles. The molecule has 2 N–H and O–H groups in total. The van der Waals surface area contributed by atoms with Crippen LogP contribution in [0, 0.1) is 6.92 Å². The SMILES string of the molecule is Cc1nc2c(nnn2-c2cccc([C@H](C)OC(=O)[C@H](Cc3ccccc3)NC(=O)OCC3c4ccccc4-c4ccccc43)c2)c(=O)[nH]1. The number of benzene rings is 4. The predicted octanol–water partition coefficient (Wildman–Crippen LogP) is 5.57. The van der Waals surface area contributed by atoms with Crippen LogP contribution in [0.2, 0.25) is 0 Å². The number of fused-ring (bicyclic) bond motifs is 4. The zero-order valence-electron chi connectivity index (χ0n) is 26.3. The number of carbonyl (C=O) groups excluding carboxylic acids is 2. The van der Waals surface area contributed by atoms with Gasteiger partial charge in [0.25, 0.3) is 5.56 Å². The number of esters is 1. The first-order chi connectivity index (χ1) is 23.4. The van der Waals surface area contributed by atoms with Gasteiger partial charge in [0, 0.05) is 12.3 Å². The third kappa shape index (κ3) is 6.05. The molecule has 0 unspecified atom stereocenters. The van der Waals surface area contributed by atoms with E-state index in [2.05, 4.69) is 49.9 Å². The summed E-state index contributed by atoms with van der Waals surface area (Å²) in [6.45, 7) is 3.54. The lowest BCUT2D eigenvalue weighted by molar-refractivity contribution is -0.151. The standard InChI is InChI=1S/C37H32N6O5/c1-22(25-13-10-14-26(20-25)43-34-33(41-42-43)35(44)39-23(2)38-34)48-36(45)32(19-24-11-4-3-5-12-24)40-37(46)47-21-31-29-17-8-6-15-27(29)28-16-7-9-18-30(28)31/h3-18,20,22,31-32H,19,21H2,1-2H3,(H,40,46)(H,38,39,44)/t22-,32-/m0/s1. The molecule has 6 aromatic rings. The van der Waals surface area contributed by atoms with Gasteiger partial charge in [0.1, 0.15) is 24.6 Å². The van der Waals surface area contributed by atoms with Gasteiger partial charge in [-0.2, -0.15) is 4.68 Å². The molecule has 11 nitrogen and oxygen atoms in total. The van der Waals surface area contributed by atoms with Gasteiger partial charge in [-0.15, -0.1) is 5.10 Å². The van der Waals surface area contributed by atoms with Crippen LogP contribution >= 0.6 is 0 Å². The van der Waals surface area contributed by atoms with E-state index in [1.807, 2.05) is 60.7 Å². The molecule has 0 aliphatic heterocycles. The molecule has 2 atom stereocenters. The first-order valence-electron chi connectivity index (χ1n) is 15.6. The van der Waals surface area contributed by atoms with Gasteiger partial charge in [-0.25, -0.2) is 14.6 Å². The van der Waals surface area contributed by atoms with E-state index < -0.39 is 24.2 Å². The Morgan fingerprint density at radius 3 is 2.33 bits per heavy atom. The van der Waals surface area contributed by atoms with Crippen molar-refractivity contribution in [1.29, 1.82) is 0 Å². The van der Waals surface area contributed by atoms with Gasteiger partial charge in [-0.05, 0) is 59.4 Å². The van der Waals surface area contributed by atoms with Gasteiger partial charge in [-0.3, -0.25) is 4.79 Å². The number of H-pyrrole nitrogens is 1. The van der Waals surface area contributed by atoms with Gasteiger partial charge in [-0.1, -0.05) is 96.2 Å². The van der Waals surface area contributed by atoms with E-state index in [9.17, 15) is 14.4 Å². The molecular formula is C37H32N6O5. The van der Waals surface area contributed by atoms with Crippen molar-refractivity contribution >= 4 is 23.2 Å². The predicted molar refractivity (Wildman–Crippen MR) is 179 cm³/mol. The van der Waals surface area contributed by atoms with E-state index in [4.69, 9.17) is 9.47 Å². The zero-order chi connectivity index (χ0) is 33.2. The first kappa shape index (κ1) is 30.5. The third-order valence-electron chi connectivity index (χ3n) is 8.51. The number of aryl methyl sites for hydroxylation is 1. The number of nitrogens with one attached hydrogen (secondary N) is 2. The molecular weight excluding hydrogens is 608 g/mol. The van der Waals surface area contributed by atoms with E-state index in [0.717, 1.165) is 27.8 Å². The van der Waals surface area contributed by atoms with Crippen molar-refractivity contribution in [1.82, 2.24) is 30.3 Å². The van der Waals surface area contributed by atoms with Crippen molar-refractivity contribution in [3.63, 3.8) is 0 Å². The fourth-order valence-electron chi connectivity index (χ4n) is 6.17. The molecule has 0 saturated carbocycles. The summed E-state index contributed by atoms with van der Waals surface area (Å²) in [5.41, 5.74) is 6.62. The van der Waals surface area contributed by atoms with E-state index in [-0.39, 0.29) is 30.0 Å². The molecule has 1 aliphatic rings. The lowest BCUT2D eigenvalue weighted by Crippen LogP contribution is -2.44. The van der Waals surface area contributed by atoms with Crippen molar-refractivity contribution < 1.29 is 19.1 Å². The van der Waals surface area contributed by atoms with Crippen LogP contribution in [0.15, 0.2) is 108 Å². The molecule has 1 aliphatic carbocycles. The molecule has 11 heteroatoms. The van der Waals surface area contributed by atoms with E-state index in [1.54, 1.807) is 32.0 Å². The molecule has 48 heavy (non-hydrogen) atoms. The van der Waals surface area contributed by atoms with Crippen LogP contribution in [-0.4, -0.2) is 49.7 Å². The summed E-state index contributed by atoms with van der Waals surface area (Å²) in [6, 6.07) is 31.8. The number of amides is 1. The highest BCUT2D eigenvalue weighted by Crippen LogP contribution is 2.44. The summed E-state index contributed by atoms with van der Waals surface area (Å²) in [5, 5.41) is 10.9. The Morgan fingerprint density at radius 2 is 1.60 bits per heavy atom. The van der Waals surface area contributed by atoms with Crippen molar-refractivity contribution in [2.45, 2.75) is 38.3 Å². The highest BCUT2D eigenvalue weighted by Gasteiger charge is 2.30. The minimum absolute atomic E-state index is 0.116. The van der Waals surface area contributed by atoms with Gasteiger partial charge >= 0.3 is 12.1 Å². The molecule has 0 saturated heterocycles. The first-order valence-corrected chi connectivity index (χ1v) is 15.6. The second-order valence-electron chi connectivity index (χ2n) is 11.7. The number of alkyl carbamates (subject to hydrolysis) is 1. The molecule has 0 bridgehead atoms. The normalized spacial score (nSPS) is 13.4. The molecule has 1 amide bonds. The van der Waals surface area contributed by atoms with E-state index in [0.29, 0.717) is 22.7 Å². The Kier molecular flexibility index (Phi) is 8.24. The summed E-state index contributed by atoms with van der Waals surface area (Å²) in [5.74, 6) is -0.294. The van der Waals surface area contributed by atoms with Crippen LogP contribution in [0.4, 0.5) is 4.79 Å². The number of hydrogen-bond donors (Lipinski definition) is 2. The number of rotatable bonds is 9. The number of aromatic nitrogens is 5. The smallest absolute Gasteiger partial charge is 0.407 e. The number of aromatic amines is 1. The van der Waals surface area contributed by atoms with Crippen LogP contribution in [0.25, 0.3) is 28.0 Å². The summed E-state index contributed by atoms with van der Waals surface area (Å²) in [7, 11) is 0. The van der Waals surface area contributed by atoms with Gasteiger partial charge in [0.05, 0.1) is 5.69 Å². The lowest BCUT2D eigenvalue weighted by atomic mass is 9.98. The molecule has 4 aromatic carbocycles. The highest BCUT2D eigenvalue weighted by atomic mass is 16.6. The average molecular weight is 641 g/mol. The number of hydrogen-bond acceptors (Lipinski definition) is 8. The van der Waals surface area contributed by atoms with Gasteiger partial charge in [0.15, 0.2) is 11.2 Å². The van der Waals surface area contributed by atoms with Crippen LogP contribution < -0.4 is 10.9 Å². The topological polar surface area (TPSA) is 141 Å². The summed E-state index contributed by atoms with van der Waals surface area (Å²) in [6.07, 6.45) is -1.19. The largest absolute Gasteiger partial charge is 0.456 e. The Bertz CT molecular complexity index is 2150. The van der Waals surface area contributed by atoms with E-state index >= 15 is 0 Å². The zero-order valence-corrected chi connectivity index (χ0v) is 26.3. The van der Waals surface area contributed by atoms with Crippen LogP contribution in [-0.2, 0) is 20.7 Å². The Balaban J connectivity index is 1.07. The lowest BCUT2D eigenvalue weighted by Gasteiger charge is -2.22. The molecule has 7 rings (SSSR count). The molecule has 0 fully saturated rings. The minimum atomic E-state index is -1.01. The second kappa shape index (κ2) is 13.0. The number of carbonyl (C=O) groups is 2. The fourth-order valence-corrected chi connectivity index (χ4v) is 6.17. The molecule has 0 radical (unpaired) electrons. The maximum absolute atomic E-state index is 13.6. The Labute approximate surface area is 275 Å². The average Bonchev–Trinajstić information content (AvgIpc) is 3.67. The quantitative estimate of drug-likeness (QED) is 0.196. The van der Waals surface area contributed by atoms with Gasteiger partial charge in [0.2, 0.25) is 0 Å². The van der Waals surface area contributed by atoms with Crippen molar-refractivity contribution in [3.8, 4) is 16.8 Å².